The standard InChI is InChI=1S/C43H30N2Si/c1-44-39-30-29-32(36-23-11-14-26-40(36)45-41-27-15-12-24-37(41)38-25-13-16-28-42(38)45)31-43(39)46(33-17-5-2-6-18-33,34-19-7-3-8-20-34)35-21-9-4-10-22-35/h2-31H. The van der Waals surface area contributed by atoms with Gasteiger partial charge in [0.2, 0.25) is 0 Å². The predicted octanol–water partition coefficient (Wildman–Crippen LogP) is 8.38. The van der Waals surface area contributed by atoms with Crippen molar-refractivity contribution in [1.29, 1.82) is 0 Å². The van der Waals surface area contributed by atoms with Crippen LogP contribution in [-0.2, 0) is 0 Å². The molecule has 0 bridgehead atoms. The van der Waals surface area contributed by atoms with Gasteiger partial charge in [0.15, 0.2) is 13.8 Å². The number of rotatable bonds is 6. The Morgan fingerprint density at radius 1 is 0.457 bits per heavy atom. The molecule has 0 saturated carbocycles. The van der Waals surface area contributed by atoms with Gasteiger partial charge in [0.1, 0.15) is 0 Å². The van der Waals surface area contributed by atoms with Crippen molar-refractivity contribution in [2.24, 2.45) is 0 Å². The molecule has 0 aliphatic heterocycles. The lowest BCUT2D eigenvalue weighted by atomic mass is 10.0. The number of benzene rings is 7. The first-order valence-corrected chi connectivity index (χ1v) is 17.6. The minimum Gasteiger partial charge on any atom is -0.309 e. The molecule has 3 heteroatoms. The van der Waals surface area contributed by atoms with E-state index in [0.29, 0.717) is 5.69 Å². The quantitative estimate of drug-likeness (QED) is 0.103. The Morgan fingerprint density at radius 3 is 1.43 bits per heavy atom. The number of hydrogen-bond acceptors (Lipinski definition) is 0. The van der Waals surface area contributed by atoms with Crippen molar-refractivity contribution in [1.82, 2.24) is 4.57 Å². The first kappa shape index (κ1) is 27.6. The van der Waals surface area contributed by atoms with Gasteiger partial charge < -0.3 is 4.57 Å². The molecule has 216 valence electrons. The van der Waals surface area contributed by atoms with Gasteiger partial charge in [0.25, 0.3) is 0 Å². The van der Waals surface area contributed by atoms with Crippen LogP contribution in [-0.4, -0.2) is 12.6 Å². The van der Waals surface area contributed by atoms with Crippen molar-refractivity contribution >= 4 is 56.3 Å². The molecule has 7 aromatic carbocycles. The minimum absolute atomic E-state index is 0.696. The number of para-hydroxylation sites is 3. The van der Waals surface area contributed by atoms with Gasteiger partial charge in [-0.1, -0.05) is 164 Å². The van der Waals surface area contributed by atoms with Gasteiger partial charge in [-0.05, 0) is 44.5 Å². The van der Waals surface area contributed by atoms with E-state index >= 15 is 0 Å². The Kier molecular flexibility index (Phi) is 6.91. The van der Waals surface area contributed by atoms with Crippen LogP contribution in [0.4, 0.5) is 5.69 Å². The molecule has 0 aliphatic rings. The van der Waals surface area contributed by atoms with Crippen LogP contribution in [0.1, 0.15) is 0 Å². The third-order valence-electron chi connectivity index (χ3n) is 9.18. The van der Waals surface area contributed by atoms with Gasteiger partial charge >= 0.3 is 0 Å². The fourth-order valence-electron chi connectivity index (χ4n) is 7.23. The van der Waals surface area contributed by atoms with Crippen LogP contribution in [0.5, 0.6) is 0 Å². The van der Waals surface area contributed by atoms with E-state index in [1.54, 1.807) is 0 Å². The Morgan fingerprint density at radius 2 is 0.913 bits per heavy atom. The summed E-state index contributed by atoms with van der Waals surface area (Å²) >= 11 is 0. The lowest BCUT2D eigenvalue weighted by molar-refractivity contribution is 1.18. The largest absolute Gasteiger partial charge is 0.309 e. The van der Waals surface area contributed by atoms with Crippen molar-refractivity contribution in [2.75, 3.05) is 0 Å². The van der Waals surface area contributed by atoms with E-state index in [1.807, 2.05) is 6.07 Å². The van der Waals surface area contributed by atoms with Gasteiger partial charge in [-0.3, -0.25) is 0 Å². The minimum atomic E-state index is -2.92. The molecular weight excluding hydrogens is 573 g/mol. The summed E-state index contributed by atoms with van der Waals surface area (Å²) in [5.74, 6) is 0. The van der Waals surface area contributed by atoms with Crippen LogP contribution < -0.4 is 20.7 Å². The van der Waals surface area contributed by atoms with E-state index in [0.717, 1.165) is 22.0 Å². The van der Waals surface area contributed by atoms with Crippen molar-refractivity contribution in [3.05, 3.63) is 193 Å². The Balaban J connectivity index is 1.46. The molecule has 46 heavy (non-hydrogen) atoms. The molecule has 2 nitrogen and oxygen atoms in total. The monoisotopic (exact) mass is 602 g/mol. The van der Waals surface area contributed by atoms with E-state index < -0.39 is 8.07 Å². The van der Waals surface area contributed by atoms with Gasteiger partial charge in [-0.15, -0.1) is 0 Å². The maximum absolute atomic E-state index is 8.41. The zero-order valence-electron chi connectivity index (χ0n) is 25.2. The first-order valence-electron chi connectivity index (χ1n) is 15.6. The zero-order valence-corrected chi connectivity index (χ0v) is 26.2. The lowest BCUT2D eigenvalue weighted by Gasteiger charge is -2.35. The highest BCUT2D eigenvalue weighted by Crippen LogP contribution is 2.36. The lowest BCUT2D eigenvalue weighted by Crippen LogP contribution is -2.74. The fourth-order valence-corrected chi connectivity index (χ4v) is 12.1. The van der Waals surface area contributed by atoms with E-state index in [9.17, 15) is 0 Å². The Bertz CT molecular complexity index is 2220. The number of nitrogens with zero attached hydrogens (tertiary/aromatic N) is 2. The second kappa shape index (κ2) is 11.5. The van der Waals surface area contributed by atoms with E-state index in [-0.39, 0.29) is 0 Å². The molecule has 0 unspecified atom stereocenters. The van der Waals surface area contributed by atoms with E-state index in [1.165, 1.54) is 37.4 Å². The highest BCUT2D eigenvalue weighted by Gasteiger charge is 2.42. The summed E-state index contributed by atoms with van der Waals surface area (Å²) in [6.07, 6.45) is 0. The first-order chi connectivity index (χ1) is 22.8. The Labute approximate surface area is 270 Å². The van der Waals surface area contributed by atoms with Crippen LogP contribution >= 0.6 is 0 Å². The smallest absolute Gasteiger partial charge is 0.187 e. The average molecular weight is 603 g/mol. The molecule has 0 fully saturated rings. The summed E-state index contributed by atoms with van der Waals surface area (Å²) in [5.41, 5.74) is 6.39. The highest BCUT2D eigenvalue weighted by molar-refractivity contribution is 7.20. The summed E-state index contributed by atoms with van der Waals surface area (Å²) in [5, 5.41) is 7.34. The van der Waals surface area contributed by atoms with Crippen LogP contribution in [0.15, 0.2) is 182 Å². The van der Waals surface area contributed by atoms with Crippen molar-refractivity contribution in [3.8, 4) is 16.8 Å². The average Bonchev–Trinajstić information content (AvgIpc) is 3.48. The summed E-state index contributed by atoms with van der Waals surface area (Å²) in [6, 6.07) is 64.9. The van der Waals surface area contributed by atoms with Gasteiger partial charge in [0.05, 0.1) is 23.3 Å². The van der Waals surface area contributed by atoms with Crippen LogP contribution in [0.25, 0.3) is 43.5 Å². The molecule has 0 saturated heterocycles. The Hall–Kier alpha value is -5.95. The molecule has 0 radical (unpaired) electrons. The summed E-state index contributed by atoms with van der Waals surface area (Å²) in [6.45, 7) is 8.41. The molecular formula is C43H30N2Si. The molecule has 1 aromatic heterocycles. The SMILES string of the molecule is [C-]#[N+]c1ccc(-c2ccccc2-n2c3ccccc3c3ccccc32)cc1[Si](c1ccccc1)(c1ccccc1)c1ccccc1. The van der Waals surface area contributed by atoms with Crippen LogP contribution in [0.3, 0.4) is 0 Å². The third kappa shape index (κ3) is 4.31. The molecule has 8 rings (SSSR count). The van der Waals surface area contributed by atoms with E-state index in [2.05, 4.69) is 185 Å². The maximum Gasteiger partial charge on any atom is 0.187 e. The van der Waals surface area contributed by atoms with Crippen molar-refractivity contribution in [2.45, 2.75) is 0 Å². The fraction of sp³-hybridized carbons (Fsp3) is 0. The zero-order chi connectivity index (χ0) is 30.9. The number of aromatic nitrogens is 1. The number of fused-ring (bicyclic) bond motifs is 3. The highest BCUT2D eigenvalue weighted by atomic mass is 28.3. The molecule has 0 aliphatic carbocycles. The molecule has 1 heterocycles. The summed E-state index contributed by atoms with van der Waals surface area (Å²) in [4.78, 5) is 4.18. The van der Waals surface area contributed by atoms with Gasteiger partial charge in [-0.2, -0.15) is 0 Å². The van der Waals surface area contributed by atoms with Crippen molar-refractivity contribution < 1.29 is 0 Å². The van der Waals surface area contributed by atoms with Crippen LogP contribution in [0, 0.1) is 6.57 Å². The maximum atomic E-state index is 8.41. The normalized spacial score (nSPS) is 11.5. The van der Waals surface area contributed by atoms with Gasteiger partial charge in [0, 0.05) is 16.3 Å². The molecule has 0 amide bonds. The van der Waals surface area contributed by atoms with Gasteiger partial charge in [-0.25, -0.2) is 4.85 Å². The molecule has 8 aromatic rings. The molecule has 0 atom stereocenters. The summed E-state index contributed by atoms with van der Waals surface area (Å²) in [7, 11) is -2.92. The topological polar surface area (TPSA) is 9.29 Å². The second-order valence-corrected chi connectivity index (χ2v) is 15.3. The molecule has 0 N–H and O–H groups in total. The van der Waals surface area contributed by atoms with Crippen molar-refractivity contribution in [3.63, 3.8) is 0 Å². The third-order valence-corrected chi connectivity index (χ3v) is 14.0. The van der Waals surface area contributed by atoms with Crippen LogP contribution in [0.2, 0.25) is 0 Å². The summed E-state index contributed by atoms with van der Waals surface area (Å²) < 4.78 is 2.39. The second-order valence-electron chi connectivity index (χ2n) is 11.6. The van der Waals surface area contributed by atoms with E-state index in [4.69, 9.17) is 6.57 Å². The number of hydrogen-bond donors (Lipinski definition) is 0. The molecule has 0 spiro atoms. The predicted molar refractivity (Wildman–Crippen MR) is 196 cm³/mol.